The normalized spacial score (nSPS) is 14.3. The summed E-state index contributed by atoms with van der Waals surface area (Å²) in [7, 11) is 0. The fraction of sp³-hybridized carbons (Fsp3) is 0.185. The fourth-order valence-corrected chi connectivity index (χ4v) is 4.85. The zero-order valence-corrected chi connectivity index (χ0v) is 21.3. The number of esters is 1. The van der Waals surface area contributed by atoms with Crippen molar-refractivity contribution in [2.24, 2.45) is 0 Å². The molecule has 10 heteroatoms. The lowest BCUT2D eigenvalue weighted by atomic mass is 9.93. The van der Waals surface area contributed by atoms with E-state index in [9.17, 15) is 9.59 Å². The highest BCUT2D eigenvalue weighted by Crippen LogP contribution is 2.42. The third kappa shape index (κ3) is 5.58. The Hall–Kier alpha value is -3.95. The van der Waals surface area contributed by atoms with E-state index < -0.39 is 5.92 Å². The van der Waals surface area contributed by atoms with E-state index in [1.165, 1.54) is 11.3 Å². The SMILES string of the molecule is CCOC(=O)C1CCOc2cc(Oc3ccc(C(=O)Nc4nnc(-c5ccccc5)s4)cc3)c(Cl)cc21. The van der Waals surface area contributed by atoms with E-state index in [4.69, 9.17) is 25.8 Å². The molecule has 1 aliphatic rings. The van der Waals surface area contributed by atoms with Gasteiger partial charge in [0.1, 0.15) is 22.3 Å². The first-order chi connectivity index (χ1) is 18.0. The lowest BCUT2D eigenvalue weighted by Crippen LogP contribution is -2.23. The second-order valence-corrected chi connectivity index (χ2v) is 9.51. The highest BCUT2D eigenvalue weighted by atomic mass is 35.5. The van der Waals surface area contributed by atoms with Crippen LogP contribution in [0.4, 0.5) is 5.13 Å². The number of carbonyl (C=O) groups excluding carboxylic acids is 2. The van der Waals surface area contributed by atoms with Gasteiger partial charge in [-0.05, 0) is 43.7 Å². The average Bonchev–Trinajstić information content (AvgIpc) is 3.38. The minimum Gasteiger partial charge on any atom is -0.493 e. The minimum atomic E-state index is -0.426. The van der Waals surface area contributed by atoms with Gasteiger partial charge in [-0.15, -0.1) is 10.2 Å². The van der Waals surface area contributed by atoms with Crippen molar-refractivity contribution in [3.63, 3.8) is 0 Å². The van der Waals surface area contributed by atoms with Crippen LogP contribution in [0.2, 0.25) is 5.02 Å². The molecule has 37 heavy (non-hydrogen) atoms. The number of benzene rings is 3. The highest BCUT2D eigenvalue weighted by Gasteiger charge is 2.30. The van der Waals surface area contributed by atoms with Crippen molar-refractivity contribution in [3.8, 4) is 27.8 Å². The lowest BCUT2D eigenvalue weighted by Gasteiger charge is -2.25. The zero-order chi connectivity index (χ0) is 25.8. The number of hydrogen-bond donors (Lipinski definition) is 1. The molecule has 0 spiro atoms. The number of fused-ring (bicyclic) bond motifs is 1. The molecule has 1 aromatic heterocycles. The summed E-state index contributed by atoms with van der Waals surface area (Å²) in [4.78, 5) is 25.0. The second-order valence-electron chi connectivity index (χ2n) is 8.12. The Labute approximate surface area is 222 Å². The molecule has 188 valence electrons. The Morgan fingerprint density at radius 3 is 2.65 bits per heavy atom. The maximum atomic E-state index is 12.7. The topological polar surface area (TPSA) is 99.6 Å². The molecule has 0 saturated heterocycles. The van der Waals surface area contributed by atoms with Crippen LogP contribution in [0.25, 0.3) is 10.6 Å². The molecule has 3 aromatic carbocycles. The van der Waals surface area contributed by atoms with Crippen LogP contribution in [0.5, 0.6) is 17.2 Å². The molecule has 1 aliphatic heterocycles. The first-order valence-corrected chi connectivity index (χ1v) is 12.8. The quantitative estimate of drug-likeness (QED) is 0.276. The number of halogens is 1. The molecule has 5 rings (SSSR count). The first kappa shape index (κ1) is 24.7. The molecule has 0 saturated carbocycles. The van der Waals surface area contributed by atoms with E-state index in [-0.39, 0.29) is 11.9 Å². The maximum Gasteiger partial charge on any atom is 0.313 e. The summed E-state index contributed by atoms with van der Waals surface area (Å²) in [5, 5.41) is 12.4. The molecule has 8 nitrogen and oxygen atoms in total. The van der Waals surface area contributed by atoms with Crippen molar-refractivity contribution >= 4 is 39.9 Å². The Morgan fingerprint density at radius 2 is 1.89 bits per heavy atom. The molecule has 0 aliphatic carbocycles. The molecule has 2 heterocycles. The largest absolute Gasteiger partial charge is 0.493 e. The molecule has 0 bridgehead atoms. The predicted molar refractivity (Wildman–Crippen MR) is 141 cm³/mol. The number of nitrogens with one attached hydrogen (secondary N) is 1. The first-order valence-electron chi connectivity index (χ1n) is 11.6. The average molecular weight is 536 g/mol. The monoisotopic (exact) mass is 535 g/mol. The maximum absolute atomic E-state index is 12.7. The van der Waals surface area contributed by atoms with E-state index in [0.717, 1.165) is 10.6 Å². The number of nitrogens with zero attached hydrogens (tertiary/aromatic N) is 2. The van der Waals surface area contributed by atoms with Crippen molar-refractivity contribution in [2.45, 2.75) is 19.3 Å². The molecule has 1 unspecified atom stereocenters. The summed E-state index contributed by atoms with van der Waals surface area (Å²) in [6.07, 6.45) is 0.524. The number of amides is 1. The Morgan fingerprint density at radius 1 is 1.11 bits per heavy atom. The van der Waals surface area contributed by atoms with Gasteiger partial charge in [0.2, 0.25) is 5.13 Å². The number of rotatable bonds is 7. The molecule has 1 amide bonds. The molecular formula is C27H22ClN3O5S. The molecular weight excluding hydrogens is 514 g/mol. The van der Waals surface area contributed by atoms with Gasteiger partial charge in [0.25, 0.3) is 5.91 Å². The summed E-state index contributed by atoms with van der Waals surface area (Å²) in [6.45, 7) is 2.47. The van der Waals surface area contributed by atoms with E-state index in [1.54, 1.807) is 43.3 Å². The second kappa shape index (κ2) is 11.0. The van der Waals surface area contributed by atoms with Crippen molar-refractivity contribution in [2.75, 3.05) is 18.5 Å². The fourth-order valence-electron chi connectivity index (χ4n) is 3.90. The Bertz CT molecular complexity index is 1430. The van der Waals surface area contributed by atoms with Crippen molar-refractivity contribution < 1.29 is 23.8 Å². The van der Waals surface area contributed by atoms with Gasteiger partial charge < -0.3 is 14.2 Å². The van der Waals surface area contributed by atoms with Crippen molar-refractivity contribution in [1.82, 2.24) is 10.2 Å². The van der Waals surface area contributed by atoms with Crippen LogP contribution >= 0.6 is 22.9 Å². The van der Waals surface area contributed by atoms with Crippen LogP contribution < -0.4 is 14.8 Å². The summed E-state index contributed by atoms with van der Waals surface area (Å²) in [5.41, 5.74) is 2.05. The van der Waals surface area contributed by atoms with Gasteiger partial charge in [0, 0.05) is 22.8 Å². The highest BCUT2D eigenvalue weighted by molar-refractivity contribution is 7.18. The van der Waals surface area contributed by atoms with Gasteiger partial charge in [-0.25, -0.2) is 0 Å². The van der Waals surface area contributed by atoms with E-state index in [1.807, 2.05) is 30.3 Å². The number of aromatic nitrogens is 2. The number of carbonyl (C=O) groups is 2. The van der Waals surface area contributed by atoms with Crippen molar-refractivity contribution in [1.29, 1.82) is 0 Å². The van der Waals surface area contributed by atoms with Gasteiger partial charge >= 0.3 is 5.97 Å². The zero-order valence-electron chi connectivity index (χ0n) is 19.8. The lowest BCUT2D eigenvalue weighted by molar-refractivity contribution is -0.145. The van der Waals surface area contributed by atoms with Crippen LogP contribution in [0, 0.1) is 0 Å². The Balaban J connectivity index is 1.26. The van der Waals surface area contributed by atoms with Gasteiger partial charge in [-0.2, -0.15) is 0 Å². The van der Waals surface area contributed by atoms with Gasteiger partial charge in [0.15, 0.2) is 0 Å². The standard InChI is InChI=1S/C27H22ClN3O5S/c1-2-34-26(33)19-12-13-35-22-15-23(21(28)14-20(19)22)36-18-10-8-16(9-11-18)24(32)29-27-31-30-25(37-27)17-6-4-3-5-7-17/h3-11,14-15,19H,2,12-13H2,1H3,(H,29,31,32). The Kier molecular flexibility index (Phi) is 7.34. The van der Waals surface area contributed by atoms with E-state index in [2.05, 4.69) is 15.5 Å². The molecule has 1 atom stereocenters. The van der Waals surface area contributed by atoms with E-state index >= 15 is 0 Å². The minimum absolute atomic E-state index is 0.296. The molecule has 4 aromatic rings. The molecule has 0 radical (unpaired) electrons. The number of ether oxygens (including phenoxy) is 3. The summed E-state index contributed by atoms with van der Waals surface area (Å²) in [5.74, 6) is 0.363. The predicted octanol–water partition coefficient (Wildman–Crippen LogP) is 6.33. The van der Waals surface area contributed by atoms with Gasteiger partial charge in [0.05, 0.1) is 24.2 Å². The van der Waals surface area contributed by atoms with Crippen LogP contribution in [0.1, 0.15) is 35.2 Å². The number of anilines is 1. The van der Waals surface area contributed by atoms with Crippen LogP contribution in [0.3, 0.4) is 0 Å². The smallest absolute Gasteiger partial charge is 0.313 e. The summed E-state index contributed by atoms with van der Waals surface area (Å²) >= 11 is 7.76. The van der Waals surface area contributed by atoms with Crippen LogP contribution in [0.15, 0.2) is 66.7 Å². The van der Waals surface area contributed by atoms with Gasteiger partial charge in [-0.3, -0.25) is 14.9 Å². The third-order valence-corrected chi connectivity index (χ3v) is 6.87. The van der Waals surface area contributed by atoms with Crippen LogP contribution in [-0.2, 0) is 9.53 Å². The van der Waals surface area contributed by atoms with E-state index in [0.29, 0.717) is 58.2 Å². The third-order valence-electron chi connectivity index (χ3n) is 5.69. The molecule has 0 fully saturated rings. The summed E-state index contributed by atoms with van der Waals surface area (Å²) < 4.78 is 16.9. The summed E-state index contributed by atoms with van der Waals surface area (Å²) in [6, 6.07) is 19.6. The van der Waals surface area contributed by atoms with Gasteiger partial charge in [-0.1, -0.05) is 53.3 Å². The molecule has 1 N–H and O–H groups in total. The van der Waals surface area contributed by atoms with Crippen molar-refractivity contribution in [3.05, 3.63) is 82.9 Å². The van der Waals surface area contributed by atoms with Crippen LogP contribution in [-0.4, -0.2) is 35.3 Å². The number of hydrogen-bond acceptors (Lipinski definition) is 8.